The van der Waals surface area contributed by atoms with Crippen molar-refractivity contribution in [3.63, 3.8) is 0 Å². The van der Waals surface area contributed by atoms with E-state index in [4.69, 9.17) is 0 Å². The molecule has 3 heteroatoms. The lowest BCUT2D eigenvalue weighted by atomic mass is 9.55. The molecule has 6 atom stereocenters. The Morgan fingerprint density at radius 3 is 3.00 bits per heavy atom. The monoisotopic (exact) mass is 311 g/mol. The zero-order chi connectivity index (χ0) is 15.8. The van der Waals surface area contributed by atoms with Crippen LogP contribution >= 0.6 is 0 Å². The minimum Gasteiger partial charge on any atom is -0.396 e. The molecule has 1 spiro atoms. The number of hydrogen-bond acceptors (Lipinski definition) is 2. The van der Waals surface area contributed by atoms with Crippen LogP contribution in [0.3, 0.4) is 0 Å². The van der Waals surface area contributed by atoms with Gasteiger partial charge in [-0.1, -0.05) is 24.3 Å². The van der Waals surface area contributed by atoms with Gasteiger partial charge in [0.2, 0.25) is 0 Å². The average Bonchev–Trinajstić information content (AvgIpc) is 3.08. The van der Waals surface area contributed by atoms with Crippen molar-refractivity contribution < 1.29 is 9.59 Å². The molecule has 5 rings (SSSR count). The molecule has 3 fully saturated rings. The van der Waals surface area contributed by atoms with Crippen molar-refractivity contribution in [1.82, 2.24) is 0 Å². The van der Waals surface area contributed by atoms with Crippen LogP contribution < -0.4 is 5.32 Å². The number of nitrogens with one attached hydrogen (secondary N) is 1. The summed E-state index contributed by atoms with van der Waals surface area (Å²) >= 11 is 0. The zero-order valence-electron chi connectivity index (χ0n) is 14.1. The molecule has 3 heterocycles. The number of benzene rings is 1. The largest absolute Gasteiger partial charge is 0.396 e. The molecule has 0 aromatic heterocycles. The van der Waals surface area contributed by atoms with E-state index in [1.54, 1.807) is 5.57 Å². The average molecular weight is 311 g/mol. The molecule has 1 saturated carbocycles. The van der Waals surface area contributed by atoms with Crippen LogP contribution in [0, 0.1) is 11.8 Å². The highest BCUT2D eigenvalue weighted by atomic mass is 16.3. The Morgan fingerprint density at radius 2 is 2.22 bits per heavy atom. The summed E-state index contributed by atoms with van der Waals surface area (Å²) in [5.74, 6) is 0.899. The SMILES string of the molecule is C/C=C1/C[N+]2(C)CCC34c5ccccc5NC3[C@H](CO)[C@H]1CC42. The van der Waals surface area contributed by atoms with Crippen molar-refractivity contribution in [2.45, 2.75) is 37.3 Å². The van der Waals surface area contributed by atoms with Gasteiger partial charge in [0.1, 0.15) is 12.6 Å². The smallest absolute Gasteiger partial charge is 0.102 e. The normalized spacial score (nSPS) is 48.0. The number of para-hydroxylation sites is 1. The fourth-order valence-corrected chi connectivity index (χ4v) is 6.76. The van der Waals surface area contributed by atoms with Crippen molar-refractivity contribution in [2.75, 3.05) is 32.1 Å². The summed E-state index contributed by atoms with van der Waals surface area (Å²) in [6, 6.07) is 10.0. The number of aliphatic hydroxyl groups is 1. The van der Waals surface area contributed by atoms with E-state index in [1.165, 1.54) is 41.7 Å². The van der Waals surface area contributed by atoms with Crippen LogP contribution in [0.4, 0.5) is 5.69 Å². The van der Waals surface area contributed by atoms with Gasteiger partial charge in [0, 0.05) is 37.1 Å². The van der Waals surface area contributed by atoms with E-state index >= 15 is 0 Å². The second-order valence-corrected chi connectivity index (χ2v) is 8.39. The van der Waals surface area contributed by atoms with Crippen molar-refractivity contribution in [1.29, 1.82) is 0 Å². The molecule has 2 bridgehead atoms. The molecule has 1 aliphatic carbocycles. The molecular weight excluding hydrogens is 284 g/mol. The van der Waals surface area contributed by atoms with Crippen LogP contribution in [0.25, 0.3) is 0 Å². The molecular formula is C20H27N2O+. The Kier molecular flexibility index (Phi) is 2.69. The third-order valence-electron chi connectivity index (χ3n) is 7.70. The number of nitrogens with zero attached hydrogens (tertiary/aromatic N) is 1. The van der Waals surface area contributed by atoms with Crippen LogP contribution in [0.1, 0.15) is 25.3 Å². The fourth-order valence-electron chi connectivity index (χ4n) is 6.76. The van der Waals surface area contributed by atoms with Gasteiger partial charge in [-0.2, -0.15) is 0 Å². The van der Waals surface area contributed by atoms with E-state index in [1.807, 2.05) is 0 Å². The Labute approximate surface area is 138 Å². The molecule has 4 aliphatic rings. The van der Waals surface area contributed by atoms with Gasteiger partial charge in [-0.3, -0.25) is 0 Å². The van der Waals surface area contributed by atoms with Gasteiger partial charge in [0.05, 0.1) is 19.0 Å². The molecule has 2 saturated heterocycles. The summed E-state index contributed by atoms with van der Waals surface area (Å²) in [5, 5.41) is 14.1. The summed E-state index contributed by atoms with van der Waals surface area (Å²) < 4.78 is 1.20. The van der Waals surface area contributed by atoms with Crippen molar-refractivity contribution in [2.24, 2.45) is 11.8 Å². The third kappa shape index (κ3) is 1.49. The maximum absolute atomic E-state index is 10.3. The second kappa shape index (κ2) is 4.40. The van der Waals surface area contributed by atoms with Crippen LogP contribution in [0.15, 0.2) is 35.9 Å². The third-order valence-corrected chi connectivity index (χ3v) is 7.70. The molecule has 3 nitrogen and oxygen atoms in total. The van der Waals surface area contributed by atoms with E-state index < -0.39 is 0 Å². The lowest BCUT2D eigenvalue weighted by molar-refractivity contribution is -0.925. The molecule has 1 aromatic rings. The van der Waals surface area contributed by atoms with E-state index in [0.29, 0.717) is 30.5 Å². The predicted octanol–water partition coefficient (Wildman–Crippen LogP) is 2.53. The summed E-state index contributed by atoms with van der Waals surface area (Å²) in [5.41, 5.74) is 4.65. The molecule has 0 amide bonds. The fraction of sp³-hybridized carbons (Fsp3) is 0.600. The minimum atomic E-state index is 0.231. The lowest BCUT2D eigenvalue weighted by Gasteiger charge is -2.56. The summed E-state index contributed by atoms with van der Waals surface area (Å²) in [7, 11) is 2.47. The van der Waals surface area contributed by atoms with E-state index in [-0.39, 0.29) is 5.41 Å². The van der Waals surface area contributed by atoms with E-state index in [2.05, 4.69) is 49.6 Å². The van der Waals surface area contributed by atoms with Gasteiger partial charge in [0.15, 0.2) is 0 Å². The molecule has 1 aromatic carbocycles. The van der Waals surface area contributed by atoms with Crippen molar-refractivity contribution in [3.05, 3.63) is 41.5 Å². The van der Waals surface area contributed by atoms with Crippen LogP contribution in [0.2, 0.25) is 0 Å². The summed E-state index contributed by atoms with van der Waals surface area (Å²) in [6.45, 7) is 4.93. The van der Waals surface area contributed by atoms with Crippen molar-refractivity contribution in [3.8, 4) is 0 Å². The second-order valence-electron chi connectivity index (χ2n) is 8.39. The first-order valence-electron chi connectivity index (χ1n) is 9.10. The van der Waals surface area contributed by atoms with Gasteiger partial charge in [-0.25, -0.2) is 0 Å². The summed E-state index contributed by atoms with van der Waals surface area (Å²) in [6.07, 6.45) is 4.83. The van der Waals surface area contributed by atoms with E-state index in [9.17, 15) is 5.11 Å². The number of hydrogen-bond donors (Lipinski definition) is 2. The quantitative estimate of drug-likeness (QED) is 0.617. The maximum atomic E-state index is 10.3. The van der Waals surface area contributed by atoms with Crippen molar-refractivity contribution >= 4 is 5.69 Å². The number of quaternary nitrogens is 1. The van der Waals surface area contributed by atoms with Gasteiger partial charge in [-0.15, -0.1) is 0 Å². The number of likely N-dealkylation sites (N-methyl/N-ethyl adjacent to an activating group) is 1. The highest BCUT2D eigenvalue weighted by molar-refractivity contribution is 5.64. The molecule has 0 radical (unpaired) electrons. The highest BCUT2D eigenvalue weighted by Crippen LogP contribution is 2.62. The summed E-state index contributed by atoms with van der Waals surface area (Å²) in [4.78, 5) is 0. The van der Waals surface area contributed by atoms with Gasteiger partial charge >= 0.3 is 0 Å². The Morgan fingerprint density at radius 1 is 1.39 bits per heavy atom. The van der Waals surface area contributed by atoms with Crippen LogP contribution in [0.5, 0.6) is 0 Å². The minimum absolute atomic E-state index is 0.231. The zero-order valence-corrected chi connectivity index (χ0v) is 14.1. The molecule has 23 heavy (non-hydrogen) atoms. The number of fused-ring (bicyclic) bond motifs is 2. The lowest BCUT2D eigenvalue weighted by Crippen LogP contribution is -2.67. The maximum Gasteiger partial charge on any atom is 0.102 e. The number of aliphatic hydroxyl groups excluding tert-OH is 1. The number of rotatable bonds is 1. The first-order valence-corrected chi connectivity index (χ1v) is 9.10. The first kappa shape index (κ1) is 14.1. The topological polar surface area (TPSA) is 32.3 Å². The standard InChI is InChI=1S/C20H27N2O/c1-3-13-11-22(2)9-8-20-16-6-4-5-7-17(16)21-19(20)15(12-23)14(13)10-18(20)22/h3-7,14-15,18-19,21,23H,8-12H2,1-2H3/q+1/b13-3-/t14-,15+,18?,19?,20?,22?/m0/s1. The Hall–Kier alpha value is -1.32. The first-order chi connectivity index (χ1) is 11.1. The number of piperidine rings is 1. The Balaban J connectivity index is 1.74. The van der Waals surface area contributed by atoms with Gasteiger partial charge < -0.3 is 14.9 Å². The predicted molar refractivity (Wildman–Crippen MR) is 92.3 cm³/mol. The highest BCUT2D eigenvalue weighted by Gasteiger charge is 2.70. The number of allylic oxidation sites excluding steroid dienone is 1. The van der Waals surface area contributed by atoms with Crippen LogP contribution in [-0.4, -0.2) is 48.4 Å². The molecule has 4 unspecified atom stereocenters. The van der Waals surface area contributed by atoms with E-state index in [0.717, 1.165) is 0 Å². The molecule has 122 valence electrons. The molecule has 2 N–H and O–H groups in total. The molecule has 3 aliphatic heterocycles. The number of anilines is 1. The van der Waals surface area contributed by atoms with Gasteiger partial charge in [0.25, 0.3) is 0 Å². The Bertz CT molecular complexity index is 699. The van der Waals surface area contributed by atoms with Crippen LogP contribution in [-0.2, 0) is 5.41 Å². The van der Waals surface area contributed by atoms with Gasteiger partial charge in [-0.05, 0) is 30.0 Å².